The lowest BCUT2D eigenvalue weighted by Gasteiger charge is -2.04. The maximum Gasteiger partial charge on any atom is 0.402 e. The van der Waals surface area contributed by atoms with Gasteiger partial charge in [0.2, 0.25) is 0 Å². The van der Waals surface area contributed by atoms with E-state index in [1.807, 2.05) is 0 Å². The molecule has 8 N–H and O–H groups in total. The summed E-state index contributed by atoms with van der Waals surface area (Å²) in [6.07, 6.45) is 0. The molecule has 2 rings (SSSR count). The number of urea groups is 1. The van der Waals surface area contributed by atoms with Crippen molar-refractivity contribution in [2.45, 2.75) is 0 Å². The molecular formula is C5H14N16O7. The Morgan fingerprint density at radius 3 is 1.54 bits per heavy atom. The van der Waals surface area contributed by atoms with Crippen LogP contribution in [0.15, 0.2) is 0 Å². The zero-order valence-electron chi connectivity index (χ0n) is 14.1. The first kappa shape index (κ1) is 23.3. The molecule has 2 amide bonds. The van der Waals surface area contributed by atoms with Gasteiger partial charge in [-0.25, -0.2) is 35.2 Å². The molecule has 23 heteroatoms. The predicted octanol–water partition coefficient (Wildman–Crippen LogP) is -5.54. The Bertz CT molecular complexity index is 681. The summed E-state index contributed by atoms with van der Waals surface area (Å²) in [5.74, 6) is 5.49. The van der Waals surface area contributed by atoms with E-state index < -0.39 is 10.1 Å². The summed E-state index contributed by atoms with van der Waals surface area (Å²) in [4.78, 5) is 39.8. The van der Waals surface area contributed by atoms with Crippen molar-refractivity contribution in [3.8, 4) is 0 Å². The number of hydrogen-bond donors (Lipinski definition) is 4. The number of tetrazole rings is 2. The van der Waals surface area contributed by atoms with E-state index >= 15 is 0 Å². The van der Waals surface area contributed by atoms with Crippen molar-refractivity contribution in [3.05, 3.63) is 31.1 Å². The summed E-state index contributed by atoms with van der Waals surface area (Å²) in [6, 6.07) is -0.380. The van der Waals surface area contributed by atoms with Crippen LogP contribution < -0.4 is 32.2 Å². The maximum absolute atomic E-state index is 9.83. The van der Waals surface area contributed by atoms with E-state index in [1.165, 1.54) is 14.2 Å². The maximum atomic E-state index is 9.83. The van der Waals surface area contributed by atoms with Gasteiger partial charge >= 0.3 is 6.03 Å². The molecule has 2 aromatic rings. The number of amides is 2. The van der Waals surface area contributed by atoms with Crippen LogP contribution in [-0.2, 0) is 0 Å². The van der Waals surface area contributed by atoms with Gasteiger partial charge in [-0.3, -0.25) is 11.7 Å². The van der Waals surface area contributed by atoms with Gasteiger partial charge in [-0.1, -0.05) is 21.3 Å². The van der Waals surface area contributed by atoms with Crippen LogP contribution in [-0.4, -0.2) is 71.1 Å². The van der Waals surface area contributed by atoms with Gasteiger partial charge in [-0.2, -0.15) is 10.9 Å². The fourth-order valence-electron chi connectivity index (χ4n) is 0.911. The van der Waals surface area contributed by atoms with Crippen molar-refractivity contribution in [2.75, 3.05) is 14.2 Å². The molecule has 0 aromatic carbocycles. The smallest absolute Gasteiger partial charge is 0.402 e. The van der Waals surface area contributed by atoms with Crippen LogP contribution in [0.4, 0.5) is 16.7 Å². The van der Waals surface area contributed by atoms with Gasteiger partial charge in [0.25, 0.3) is 0 Å². The molecule has 0 saturated heterocycles. The highest BCUT2D eigenvalue weighted by molar-refractivity contribution is 5.70. The molecule has 23 nitrogen and oxygen atoms in total. The SMILES string of the molecule is COn1nnnc1[N-][N+](=O)[O-].COn1nnnc1[N-][N+](=O)[O-].[NH3+]NC(=O)N[NH3+]. The number of quaternary nitrogens is 2. The van der Waals surface area contributed by atoms with Gasteiger partial charge in [0.05, 0.1) is 14.2 Å². The van der Waals surface area contributed by atoms with E-state index in [2.05, 4.69) is 74.1 Å². The van der Waals surface area contributed by atoms with Crippen molar-refractivity contribution >= 4 is 17.9 Å². The second kappa shape index (κ2) is 12.7. The number of carbonyl (C=O) groups excluding carboxylic acids is 1. The highest BCUT2D eigenvalue weighted by Crippen LogP contribution is 2.09. The topological polar surface area (TPSA) is 317 Å². The van der Waals surface area contributed by atoms with E-state index in [0.717, 1.165) is 9.69 Å². The largest absolute Gasteiger partial charge is 0.452 e. The molecule has 28 heavy (non-hydrogen) atoms. The molecule has 0 aliphatic carbocycles. The molecule has 0 radical (unpaired) electrons. The summed E-state index contributed by atoms with van der Waals surface area (Å²) in [5.41, 5.74) is 9.73. The minimum Gasteiger partial charge on any atom is -0.452 e. The number of nitrogens with zero attached hydrogens (tertiary/aromatic N) is 12. The monoisotopic (exact) mass is 410 g/mol. The number of nitrogens with one attached hydrogen (secondary N) is 2. The molecule has 0 aliphatic heterocycles. The Labute approximate surface area is 152 Å². The van der Waals surface area contributed by atoms with Crippen LogP contribution in [0.3, 0.4) is 0 Å². The minimum atomic E-state index is -0.915. The van der Waals surface area contributed by atoms with Crippen molar-refractivity contribution in [1.29, 1.82) is 0 Å². The molecule has 0 unspecified atom stereocenters. The second-order valence-corrected chi connectivity index (χ2v) is 3.43. The van der Waals surface area contributed by atoms with Crippen molar-refractivity contribution in [2.24, 2.45) is 0 Å². The molecule has 0 fully saturated rings. The van der Waals surface area contributed by atoms with Crippen LogP contribution in [0.2, 0.25) is 0 Å². The Hall–Kier alpha value is -4.67. The summed E-state index contributed by atoms with van der Waals surface area (Å²) >= 11 is 0. The second-order valence-electron chi connectivity index (χ2n) is 3.43. The van der Waals surface area contributed by atoms with Gasteiger partial charge in [0.1, 0.15) is 10.1 Å². The Morgan fingerprint density at radius 1 is 0.964 bits per heavy atom. The third-order valence-corrected chi connectivity index (χ3v) is 1.86. The van der Waals surface area contributed by atoms with Crippen molar-refractivity contribution in [1.82, 2.24) is 51.6 Å². The van der Waals surface area contributed by atoms with E-state index in [9.17, 15) is 25.0 Å². The Kier molecular flexibility index (Phi) is 10.5. The quantitative estimate of drug-likeness (QED) is 0.255. The number of carbonyl (C=O) groups is 1. The van der Waals surface area contributed by atoms with Gasteiger partial charge < -0.3 is 9.68 Å². The van der Waals surface area contributed by atoms with Crippen LogP contribution in [0.5, 0.6) is 0 Å². The lowest BCUT2D eigenvalue weighted by molar-refractivity contribution is -0.451. The van der Waals surface area contributed by atoms with Crippen LogP contribution in [0, 0.1) is 20.2 Å². The van der Waals surface area contributed by atoms with Crippen molar-refractivity contribution < 1.29 is 36.2 Å². The third-order valence-electron chi connectivity index (χ3n) is 1.86. The summed E-state index contributed by atoms with van der Waals surface area (Å²) in [6.45, 7) is 0. The van der Waals surface area contributed by atoms with E-state index in [-0.39, 0.29) is 17.9 Å². The van der Waals surface area contributed by atoms with Gasteiger partial charge in [-0.15, -0.1) is 20.1 Å². The Morgan fingerprint density at radius 2 is 1.32 bits per heavy atom. The zero-order valence-corrected chi connectivity index (χ0v) is 14.1. The molecular weight excluding hydrogens is 396 g/mol. The third kappa shape index (κ3) is 8.98. The van der Waals surface area contributed by atoms with Crippen LogP contribution >= 0.6 is 0 Å². The normalized spacial score (nSPS) is 8.71. The van der Waals surface area contributed by atoms with Crippen molar-refractivity contribution in [3.63, 3.8) is 0 Å². The molecule has 0 aliphatic rings. The molecule has 2 heterocycles. The molecule has 0 spiro atoms. The molecule has 2 aromatic heterocycles. The summed E-state index contributed by atoms with van der Waals surface area (Å²) in [5, 5.41) is 36.8. The lowest BCUT2D eigenvalue weighted by Crippen LogP contribution is -2.77. The van der Waals surface area contributed by atoms with E-state index in [1.54, 1.807) is 0 Å². The zero-order chi connectivity index (χ0) is 21.5. The average Bonchev–Trinajstić information content (AvgIpc) is 3.29. The first-order valence-electron chi connectivity index (χ1n) is 6.26. The fourth-order valence-corrected chi connectivity index (χ4v) is 0.911. The standard InChI is InChI=1S/2C2H3N6O3.CH6N4O/c2*1-11-7-2(3-5-6-7)4-8(9)10;2-4-1(6)5-3/h2*1H3;2-3H2,(H2,4,5,6)/q2*-1;/p+2. The molecule has 0 saturated carbocycles. The van der Waals surface area contributed by atoms with E-state index in [4.69, 9.17) is 0 Å². The summed E-state index contributed by atoms with van der Waals surface area (Å²) in [7, 11) is 2.52. The van der Waals surface area contributed by atoms with Crippen LogP contribution in [0.25, 0.3) is 10.9 Å². The summed E-state index contributed by atoms with van der Waals surface area (Å²) < 4.78 is 0. The lowest BCUT2D eigenvalue weighted by atomic mass is 11.1. The van der Waals surface area contributed by atoms with Gasteiger partial charge in [0.15, 0.2) is 11.9 Å². The highest BCUT2D eigenvalue weighted by Gasteiger charge is 2.00. The highest BCUT2D eigenvalue weighted by atomic mass is 16.7. The van der Waals surface area contributed by atoms with Gasteiger partial charge in [-0.05, 0) is 0 Å². The average molecular weight is 410 g/mol. The first-order chi connectivity index (χ1) is 13.3. The van der Waals surface area contributed by atoms with Crippen LogP contribution in [0.1, 0.15) is 0 Å². The first-order valence-corrected chi connectivity index (χ1v) is 6.26. The minimum absolute atomic E-state index is 0.308. The number of aromatic nitrogens is 8. The Balaban J connectivity index is 0.000000411. The predicted molar refractivity (Wildman–Crippen MR) is 78.1 cm³/mol. The van der Waals surface area contributed by atoms with E-state index in [0.29, 0.717) is 0 Å². The number of hydrogen-bond acceptors (Lipinski definition) is 13. The molecule has 156 valence electrons. The fraction of sp³-hybridized carbons (Fsp3) is 0.400. The molecule has 0 bridgehead atoms. The molecule has 0 atom stereocenters. The van der Waals surface area contributed by atoms with Gasteiger partial charge in [0, 0.05) is 0 Å². The number of nitro groups is 2. The number of rotatable bonds is 6.